The molecule has 0 aromatic carbocycles. The summed E-state index contributed by atoms with van der Waals surface area (Å²) in [5.74, 6) is -0.948. The van der Waals surface area contributed by atoms with Gasteiger partial charge in [-0.3, -0.25) is 0 Å². The lowest BCUT2D eigenvalue weighted by molar-refractivity contribution is 0.0698. The summed E-state index contributed by atoms with van der Waals surface area (Å²) in [6.45, 7) is 0. The van der Waals surface area contributed by atoms with Gasteiger partial charge in [0.2, 0.25) is 0 Å². The predicted octanol–water partition coefficient (Wildman–Crippen LogP) is 2.88. The van der Waals surface area contributed by atoms with E-state index < -0.39 is 5.97 Å². The maximum absolute atomic E-state index is 10.8. The summed E-state index contributed by atoms with van der Waals surface area (Å²) >= 11 is 3.08. The van der Waals surface area contributed by atoms with E-state index in [1.165, 1.54) is 16.2 Å². The number of aryl methyl sites for hydroxylation is 2. The highest BCUT2D eigenvalue weighted by Gasteiger charge is 2.12. The highest BCUT2D eigenvalue weighted by molar-refractivity contribution is 7.16. The van der Waals surface area contributed by atoms with Crippen LogP contribution in [0.25, 0.3) is 0 Å². The van der Waals surface area contributed by atoms with Crippen molar-refractivity contribution in [3.63, 3.8) is 0 Å². The van der Waals surface area contributed by atoms with Crippen LogP contribution in [0.4, 0.5) is 5.00 Å². The second kappa shape index (κ2) is 4.67. The molecule has 0 radical (unpaired) electrons. The Kier molecular flexibility index (Phi) is 3.26. The van der Waals surface area contributed by atoms with Gasteiger partial charge in [0.05, 0.1) is 5.56 Å². The van der Waals surface area contributed by atoms with E-state index in [1.54, 1.807) is 17.4 Å². The van der Waals surface area contributed by atoms with E-state index in [0.29, 0.717) is 5.00 Å². The van der Waals surface area contributed by atoms with E-state index >= 15 is 0 Å². The Morgan fingerprint density at radius 3 is 2.69 bits per heavy atom. The van der Waals surface area contributed by atoms with Crippen molar-refractivity contribution in [2.45, 2.75) is 12.8 Å². The summed E-state index contributed by atoms with van der Waals surface area (Å²) in [6, 6.07) is 5.78. The van der Waals surface area contributed by atoms with Gasteiger partial charge in [0.25, 0.3) is 0 Å². The van der Waals surface area contributed by atoms with E-state index in [1.807, 2.05) is 11.4 Å². The Hall–Kier alpha value is -1.33. The summed E-state index contributed by atoms with van der Waals surface area (Å²) in [4.78, 5) is 13.1. The first-order valence-corrected chi connectivity index (χ1v) is 6.50. The zero-order valence-electron chi connectivity index (χ0n) is 8.47. The summed E-state index contributed by atoms with van der Waals surface area (Å²) < 4.78 is 0. The zero-order chi connectivity index (χ0) is 11.5. The number of carbonyl (C=O) groups is 1. The first-order chi connectivity index (χ1) is 7.66. The minimum Gasteiger partial charge on any atom is -0.478 e. The molecule has 0 saturated carbocycles. The molecule has 0 amide bonds. The zero-order valence-corrected chi connectivity index (χ0v) is 10.1. The quantitative estimate of drug-likeness (QED) is 0.880. The van der Waals surface area contributed by atoms with Crippen LogP contribution in [0.3, 0.4) is 0 Å². The summed E-state index contributed by atoms with van der Waals surface area (Å²) in [5.41, 5.74) is 5.86. The van der Waals surface area contributed by atoms with E-state index in [2.05, 4.69) is 6.07 Å². The number of thiophene rings is 2. The second-order valence-corrected chi connectivity index (χ2v) is 5.58. The number of anilines is 1. The van der Waals surface area contributed by atoms with Gasteiger partial charge in [0.1, 0.15) is 5.00 Å². The second-order valence-electron chi connectivity index (χ2n) is 3.38. The number of hydrogen-bond donors (Lipinski definition) is 2. The van der Waals surface area contributed by atoms with Crippen molar-refractivity contribution in [1.29, 1.82) is 0 Å². The molecule has 5 heteroatoms. The number of rotatable bonds is 4. The standard InChI is InChI=1S/C11H11NO2S2/c12-10-9(11(13)14)6-8(16-10)4-3-7-2-1-5-15-7/h1-2,5-6H,3-4,12H2,(H,13,14). The van der Waals surface area contributed by atoms with Crippen LogP contribution < -0.4 is 5.73 Å². The Morgan fingerprint density at radius 1 is 1.38 bits per heavy atom. The third kappa shape index (κ3) is 2.43. The highest BCUT2D eigenvalue weighted by Crippen LogP contribution is 2.26. The molecule has 0 aliphatic rings. The minimum atomic E-state index is -0.948. The van der Waals surface area contributed by atoms with Crippen molar-refractivity contribution in [1.82, 2.24) is 0 Å². The molecule has 0 unspecified atom stereocenters. The summed E-state index contributed by atoms with van der Waals surface area (Å²) in [7, 11) is 0. The van der Waals surface area contributed by atoms with E-state index in [4.69, 9.17) is 10.8 Å². The van der Waals surface area contributed by atoms with Gasteiger partial charge < -0.3 is 10.8 Å². The number of hydrogen-bond acceptors (Lipinski definition) is 4. The molecule has 0 aliphatic carbocycles. The lowest BCUT2D eigenvalue weighted by Crippen LogP contribution is -1.97. The molecule has 0 aliphatic heterocycles. The van der Waals surface area contributed by atoms with Gasteiger partial charge in [-0.15, -0.1) is 22.7 Å². The molecule has 2 aromatic heterocycles. The monoisotopic (exact) mass is 253 g/mol. The molecular formula is C11H11NO2S2. The number of carboxylic acid groups (broad SMARTS) is 1. The van der Waals surface area contributed by atoms with Crippen molar-refractivity contribution in [3.8, 4) is 0 Å². The fourth-order valence-electron chi connectivity index (χ4n) is 1.45. The number of aromatic carboxylic acids is 1. The molecule has 2 rings (SSSR count). The topological polar surface area (TPSA) is 63.3 Å². The smallest absolute Gasteiger partial charge is 0.338 e. The third-order valence-corrected chi connectivity index (χ3v) is 4.20. The lowest BCUT2D eigenvalue weighted by atomic mass is 10.2. The van der Waals surface area contributed by atoms with Crippen LogP contribution in [0.2, 0.25) is 0 Å². The van der Waals surface area contributed by atoms with Crippen LogP contribution in [-0.4, -0.2) is 11.1 Å². The molecule has 0 bridgehead atoms. The molecule has 0 saturated heterocycles. The first kappa shape index (κ1) is 11.2. The first-order valence-electron chi connectivity index (χ1n) is 4.80. The molecule has 3 nitrogen and oxygen atoms in total. The van der Waals surface area contributed by atoms with Crippen LogP contribution in [0.1, 0.15) is 20.1 Å². The Labute approximate surface area is 101 Å². The average molecular weight is 253 g/mol. The van der Waals surface area contributed by atoms with Crippen LogP contribution in [0, 0.1) is 0 Å². The maximum Gasteiger partial charge on any atom is 0.338 e. The van der Waals surface area contributed by atoms with Crippen LogP contribution in [0.15, 0.2) is 23.6 Å². The van der Waals surface area contributed by atoms with Gasteiger partial charge in [-0.1, -0.05) is 6.07 Å². The van der Waals surface area contributed by atoms with Gasteiger partial charge in [-0.05, 0) is 30.4 Å². The molecule has 2 aromatic rings. The number of nitrogens with two attached hydrogens (primary N) is 1. The number of nitrogen functional groups attached to an aromatic ring is 1. The molecule has 0 spiro atoms. The van der Waals surface area contributed by atoms with Crippen LogP contribution >= 0.6 is 22.7 Å². The third-order valence-electron chi connectivity index (χ3n) is 2.24. The molecule has 0 atom stereocenters. The fraction of sp³-hybridized carbons (Fsp3) is 0.182. The van der Waals surface area contributed by atoms with Gasteiger partial charge in [-0.25, -0.2) is 4.79 Å². The van der Waals surface area contributed by atoms with Crippen molar-refractivity contribution < 1.29 is 9.90 Å². The molecule has 2 heterocycles. The Bertz CT molecular complexity index is 488. The summed E-state index contributed by atoms with van der Waals surface area (Å²) in [6.07, 6.45) is 1.79. The SMILES string of the molecule is Nc1sc(CCc2cccs2)cc1C(=O)O. The summed E-state index contributed by atoms with van der Waals surface area (Å²) in [5, 5.41) is 11.3. The minimum absolute atomic E-state index is 0.228. The van der Waals surface area contributed by atoms with Crippen molar-refractivity contribution in [2.75, 3.05) is 5.73 Å². The Morgan fingerprint density at radius 2 is 2.12 bits per heavy atom. The Balaban J connectivity index is 2.05. The number of carboxylic acids is 1. The maximum atomic E-state index is 10.8. The molecule has 0 fully saturated rings. The van der Waals surface area contributed by atoms with Gasteiger partial charge in [0, 0.05) is 9.75 Å². The molecular weight excluding hydrogens is 242 g/mol. The van der Waals surface area contributed by atoms with Crippen molar-refractivity contribution in [3.05, 3.63) is 38.9 Å². The molecule has 3 N–H and O–H groups in total. The lowest BCUT2D eigenvalue weighted by Gasteiger charge is -1.93. The van der Waals surface area contributed by atoms with E-state index in [-0.39, 0.29) is 5.56 Å². The van der Waals surface area contributed by atoms with Gasteiger partial charge >= 0.3 is 5.97 Å². The van der Waals surface area contributed by atoms with Gasteiger partial charge in [-0.2, -0.15) is 0 Å². The average Bonchev–Trinajstić information content (AvgIpc) is 2.83. The fourth-order valence-corrected chi connectivity index (χ4v) is 3.08. The van der Waals surface area contributed by atoms with E-state index in [0.717, 1.165) is 17.7 Å². The van der Waals surface area contributed by atoms with Gasteiger partial charge in [0.15, 0.2) is 0 Å². The highest BCUT2D eigenvalue weighted by atomic mass is 32.1. The van der Waals surface area contributed by atoms with E-state index in [9.17, 15) is 4.79 Å². The van der Waals surface area contributed by atoms with Crippen LogP contribution in [0.5, 0.6) is 0 Å². The van der Waals surface area contributed by atoms with Crippen molar-refractivity contribution >= 4 is 33.6 Å². The normalized spacial score (nSPS) is 10.5. The van der Waals surface area contributed by atoms with Crippen molar-refractivity contribution in [2.24, 2.45) is 0 Å². The largest absolute Gasteiger partial charge is 0.478 e. The molecule has 16 heavy (non-hydrogen) atoms. The van der Waals surface area contributed by atoms with Crippen LogP contribution in [-0.2, 0) is 12.8 Å². The molecule has 84 valence electrons. The predicted molar refractivity (Wildman–Crippen MR) is 67.4 cm³/mol.